The molecule has 0 fully saturated rings. The minimum Gasteiger partial charge on any atom is -0.396 e. The summed E-state index contributed by atoms with van der Waals surface area (Å²) in [5.41, 5.74) is 0. The number of aliphatic hydroxyl groups excluding tert-OH is 2. The highest BCUT2D eigenvalue weighted by Gasteiger charge is 2.04. The second kappa shape index (κ2) is 31.0. The Morgan fingerprint density at radius 1 is 0.353 bits per heavy atom. The van der Waals surface area contributed by atoms with Crippen LogP contribution in [0.3, 0.4) is 0 Å². The molecule has 0 amide bonds. The Kier molecular flexibility index (Phi) is 30.9. The lowest BCUT2D eigenvalue weighted by atomic mass is 10.0. The van der Waals surface area contributed by atoms with E-state index in [-0.39, 0.29) is 6.10 Å². The number of rotatable bonds is 30. The van der Waals surface area contributed by atoms with Gasteiger partial charge >= 0.3 is 0 Å². The molecule has 1 atom stereocenters. The highest BCUT2D eigenvalue weighted by molar-refractivity contribution is 4.58. The maximum atomic E-state index is 10.2. The van der Waals surface area contributed by atoms with E-state index in [1.54, 1.807) is 0 Å². The summed E-state index contributed by atoms with van der Waals surface area (Å²) < 4.78 is 0. The van der Waals surface area contributed by atoms with Crippen molar-refractivity contribution in [3.63, 3.8) is 0 Å². The summed E-state index contributed by atoms with van der Waals surface area (Å²) in [5.74, 6) is 0. The minimum atomic E-state index is -0.0529. The van der Waals surface area contributed by atoms with Crippen molar-refractivity contribution < 1.29 is 10.2 Å². The summed E-state index contributed by atoms with van der Waals surface area (Å²) >= 11 is 0. The van der Waals surface area contributed by atoms with Gasteiger partial charge in [0.1, 0.15) is 0 Å². The van der Waals surface area contributed by atoms with Crippen molar-refractivity contribution in [3.05, 3.63) is 0 Å². The molecular weight excluding hydrogens is 416 g/mol. The van der Waals surface area contributed by atoms with Crippen LogP contribution in [0, 0.1) is 0 Å². The molecule has 0 radical (unpaired) electrons. The summed E-state index contributed by atoms with van der Waals surface area (Å²) in [6, 6.07) is 0. The van der Waals surface area contributed by atoms with Gasteiger partial charge in [0.15, 0.2) is 0 Å². The van der Waals surface area contributed by atoms with Crippen LogP contribution in [0.1, 0.15) is 193 Å². The average Bonchev–Trinajstić information content (AvgIpc) is 2.84. The van der Waals surface area contributed by atoms with Crippen LogP contribution in [0.25, 0.3) is 0 Å². The molecule has 0 aromatic heterocycles. The third kappa shape index (κ3) is 30.0. The Bertz CT molecular complexity index is 344. The van der Waals surface area contributed by atoms with Crippen LogP contribution in [0.15, 0.2) is 0 Å². The van der Waals surface area contributed by atoms with Crippen LogP contribution in [0.5, 0.6) is 0 Å². The minimum absolute atomic E-state index is 0.0529. The van der Waals surface area contributed by atoms with E-state index in [1.165, 1.54) is 167 Å². The van der Waals surface area contributed by atoms with E-state index in [2.05, 4.69) is 6.92 Å². The van der Waals surface area contributed by atoms with Crippen molar-refractivity contribution in [1.29, 1.82) is 0 Å². The molecule has 0 rings (SSSR count). The molecule has 0 saturated heterocycles. The smallest absolute Gasteiger partial charge is 0.0540 e. The number of hydrogen-bond donors (Lipinski definition) is 2. The van der Waals surface area contributed by atoms with Crippen molar-refractivity contribution in [3.8, 4) is 0 Å². The Morgan fingerprint density at radius 2 is 0.588 bits per heavy atom. The predicted octanol–water partition coefficient (Wildman–Crippen LogP) is 10.7. The van der Waals surface area contributed by atoms with Crippen molar-refractivity contribution >= 4 is 0 Å². The van der Waals surface area contributed by atoms with Gasteiger partial charge in [-0.25, -0.2) is 0 Å². The van der Waals surface area contributed by atoms with Gasteiger partial charge in [0.05, 0.1) is 6.10 Å². The normalized spacial score (nSPS) is 12.4. The molecule has 1 unspecified atom stereocenters. The van der Waals surface area contributed by atoms with E-state index in [0.29, 0.717) is 6.61 Å². The van der Waals surface area contributed by atoms with Crippen molar-refractivity contribution in [2.75, 3.05) is 6.61 Å². The van der Waals surface area contributed by atoms with Gasteiger partial charge in [-0.05, 0) is 19.3 Å². The molecule has 34 heavy (non-hydrogen) atoms. The Hall–Kier alpha value is -0.0800. The molecule has 0 spiro atoms. The van der Waals surface area contributed by atoms with E-state index in [1.807, 2.05) is 0 Å². The lowest BCUT2D eigenvalue weighted by molar-refractivity contribution is 0.147. The summed E-state index contributed by atoms with van der Waals surface area (Å²) in [4.78, 5) is 0. The maximum Gasteiger partial charge on any atom is 0.0540 e. The first-order valence-corrected chi connectivity index (χ1v) is 16.1. The molecule has 2 N–H and O–H groups in total. The molecule has 0 bridgehead atoms. The molecule has 0 aliphatic heterocycles. The van der Waals surface area contributed by atoms with E-state index in [9.17, 15) is 5.11 Å². The van der Waals surface area contributed by atoms with Crippen LogP contribution in [0.2, 0.25) is 0 Å². The van der Waals surface area contributed by atoms with Gasteiger partial charge in [-0.15, -0.1) is 0 Å². The van der Waals surface area contributed by atoms with E-state index in [4.69, 9.17) is 5.11 Å². The maximum absolute atomic E-state index is 10.2. The van der Waals surface area contributed by atoms with Gasteiger partial charge in [-0.2, -0.15) is 0 Å². The summed E-state index contributed by atoms with van der Waals surface area (Å²) in [5, 5.41) is 19.0. The first-order valence-electron chi connectivity index (χ1n) is 16.1. The third-order valence-electron chi connectivity index (χ3n) is 7.59. The largest absolute Gasteiger partial charge is 0.396 e. The van der Waals surface area contributed by atoms with Crippen LogP contribution in [0.4, 0.5) is 0 Å². The fourth-order valence-corrected chi connectivity index (χ4v) is 5.16. The summed E-state index contributed by atoms with van der Waals surface area (Å²) in [6.45, 7) is 2.65. The van der Waals surface area contributed by atoms with E-state index in [0.717, 1.165) is 19.3 Å². The first-order chi connectivity index (χ1) is 16.8. The second-order valence-electron chi connectivity index (χ2n) is 11.1. The fourth-order valence-electron chi connectivity index (χ4n) is 5.16. The molecule has 0 aliphatic rings. The molecule has 0 heterocycles. The lowest BCUT2D eigenvalue weighted by Gasteiger charge is -2.10. The van der Waals surface area contributed by atoms with Gasteiger partial charge in [0.2, 0.25) is 0 Å². The monoisotopic (exact) mass is 483 g/mol. The molecule has 0 aromatic rings. The molecule has 0 aliphatic carbocycles. The molecular formula is C32H66O2. The molecule has 0 saturated carbocycles. The first kappa shape index (κ1) is 33.9. The zero-order chi connectivity index (χ0) is 24.8. The second-order valence-corrected chi connectivity index (χ2v) is 11.1. The Labute approximate surface area is 216 Å². The van der Waals surface area contributed by atoms with E-state index >= 15 is 0 Å². The van der Waals surface area contributed by atoms with Gasteiger partial charge in [-0.3, -0.25) is 0 Å². The van der Waals surface area contributed by atoms with Gasteiger partial charge in [0.25, 0.3) is 0 Å². The van der Waals surface area contributed by atoms with Crippen LogP contribution in [-0.4, -0.2) is 22.9 Å². The Morgan fingerprint density at radius 3 is 0.853 bits per heavy atom. The van der Waals surface area contributed by atoms with Crippen molar-refractivity contribution in [2.45, 2.75) is 199 Å². The van der Waals surface area contributed by atoms with Crippen LogP contribution < -0.4 is 0 Å². The topological polar surface area (TPSA) is 40.5 Å². The molecule has 0 aromatic carbocycles. The van der Waals surface area contributed by atoms with Crippen LogP contribution in [-0.2, 0) is 0 Å². The van der Waals surface area contributed by atoms with Gasteiger partial charge < -0.3 is 10.2 Å². The average molecular weight is 483 g/mol. The van der Waals surface area contributed by atoms with Crippen LogP contribution >= 0.6 is 0 Å². The van der Waals surface area contributed by atoms with Crippen molar-refractivity contribution in [2.24, 2.45) is 0 Å². The van der Waals surface area contributed by atoms with E-state index < -0.39 is 0 Å². The zero-order valence-electron chi connectivity index (χ0n) is 23.7. The number of unbranched alkanes of at least 4 members (excludes halogenated alkanes) is 25. The van der Waals surface area contributed by atoms with Crippen molar-refractivity contribution in [1.82, 2.24) is 0 Å². The highest BCUT2D eigenvalue weighted by atomic mass is 16.3. The molecule has 2 heteroatoms. The summed E-state index contributed by atoms with van der Waals surface area (Å²) in [7, 11) is 0. The Balaban J connectivity index is 3.12. The number of aliphatic hydroxyl groups is 2. The standard InChI is InChI=1S/C32H66O2/c1-2-3-4-5-6-7-8-9-10-11-12-13-14-17-20-23-26-29-32(34)30-27-24-21-18-15-16-19-22-25-28-31-33/h32-34H,2-31H2,1H3. The van der Waals surface area contributed by atoms with Gasteiger partial charge in [-0.1, -0.05) is 174 Å². The summed E-state index contributed by atoms with van der Waals surface area (Å²) in [6.07, 6.45) is 38.7. The predicted molar refractivity (Wildman–Crippen MR) is 153 cm³/mol. The zero-order valence-corrected chi connectivity index (χ0v) is 23.7. The molecule has 206 valence electrons. The number of hydrogen-bond acceptors (Lipinski definition) is 2. The van der Waals surface area contributed by atoms with Gasteiger partial charge in [0, 0.05) is 6.61 Å². The fraction of sp³-hybridized carbons (Fsp3) is 1.00. The highest BCUT2D eigenvalue weighted by Crippen LogP contribution is 2.16. The lowest BCUT2D eigenvalue weighted by Crippen LogP contribution is -2.05. The SMILES string of the molecule is CCCCCCCCCCCCCCCCCCCC(O)CCCCCCCCCCCCO. The molecule has 2 nitrogen and oxygen atoms in total. The third-order valence-corrected chi connectivity index (χ3v) is 7.59. The quantitative estimate of drug-likeness (QED) is 0.0999.